The highest BCUT2D eigenvalue weighted by Crippen LogP contribution is 2.25. The van der Waals surface area contributed by atoms with Crippen LogP contribution in [-0.2, 0) is 0 Å². The summed E-state index contributed by atoms with van der Waals surface area (Å²) in [7, 11) is 0. The Bertz CT molecular complexity index is 162. The zero-order chi connectivity index (χ0) is 6.69. The van der Waals surface area contributed by atoms with Gasteiger partial charge in [0.2, 0.25) is 0 Å². The fourth-order valence-corrected chi connectivity index (χ4v) is 1.66. The molecule has 0 saturated carbocycles. The molecule has 1 aliphatic heterocycles. The third kappa shape index (κ3) is 1.48. The molecule has 0 aliphatic carbocycles. The first kappa shape index (κ1) is 6.68. The predicted octanol–water partition coefficient (Wildman–Crippen LogP) is 1.86. The van der Waals surface area contributed by atoms with E-state index in [9.17, 15) is 0 Å². The van der Waals surface area contributed by atoms with E-state index in [4.69, 9.17) is 5.21 Å². The molecule has 0 fully saturated rings. The second kappa shape index (κ2) is 2.92. The molecule has 0 amide bonds. The Kier molecular flexibility index (Phi) is 2.16. The van der Waals surface area contributed by atoms with Gasteiger partial charge in [-0.25, -0.2) is 0 Å². The molecule has 9 heavy (non-hydrogen) atoms. The standard InChI is InChI=1S/C6H9NOS/c1-5(7-8)6-3-2-4-9-6/h3,8H,2,4H2,1H3/b7-5+. The molecular weight excluding hydrogens is 134 g/mol. The molecule has 1 aliphatic rings. The summed E-state index contributed by atoms with van der Waals surface area (Å²) >= 11 is 1.75. The van der Waals surface area contributed by atoms with Crippen LogP contribution in [0.1, 0.15) is 13.3 Å². The third-order valence-electron chi connectivity index (χ3n) is 1.21. The lowest BCUT2D eigenvalue weighted by Crippen LogP contribution is -1.89. The lowest BCUT2D eigenvalue weighted by molar-refractivity contribution is 0.319. The van der Waals surface area contributed by atoms with Crippen LogP contribution >= 0.6 is 11.8 Å². The minimum absolute atomic E-state index is 0.734. The fraction of sp³-hybridized carbons (Fsp3) is 0.500. The third-order valence-corrected chi connectivity index (χ3v) is 2.42. The lowest BCUT2D eigenvalue weighted by Gasteiger charge is -1.93. The first-order chi connectivity index (χ1) is 4.34. The van der Waals surface area contributed by atoms with Gasteiger partial charge in [-0.3, -0.25) is 0 Å². The number of rotatable bonds is 1. The van der Waals surface area contributed by atoms with E-state index >= 15 is 0 Å². The molecule has 1 heterocycles. The van der Waals surface area contributed by atoms with Crippen molar-refractivity contribution in [3.8, 4) is 0 Å². The van der Waals surface area contributed by atoms with Crippen LogP contribution in [0.4, 0.5) is 0 Å². The Labute approximate surface area is 58.6 Å². The highest BCUT2D eigenvalue weighted by Gasteiger charge is 2.07. The molecule has 3 heteroatoms. The quantitative estimate of drug-likeness (QED) is 0.345. The number of hydrogen-bond donors (Lipinski definition) is 1. The molecular formula is C6H9NOS. The van der Waals surface area contributed by atoms with E-state index in [-0.39, 0.29) is 0 Å². The summed E-state index contributed by atoms with van der Waals surface area (Å²) in [4.78, 5) is 1.12. The molecule has 0 aromatic carbocycles. The van der Waals surface area contributed by atoms with Crippen LogP contribution in [0.5, 0.6) is 0 Å². The van der Waals surface area contributed by atoms with Crippen molar-refractivity contribution >= 4 is 17.5 Å². The van der Waals surface area contributed by atoms with Crippen molar-refractivity contribution in [3.63, 3.8) is 0 Å². The minimum Gasteiger partial charge on any atom is -0.411 e. The Morgan fingerprint density at radius 3 is 3.11 bits per heavy atom. The van der Waals surface area contributed by atoms with Gasteiger partial charge in [-0.15, -0.1) is 11.8 Å². The molecule has 50 valence electrons. The van der Waals surface area contributed by atoms with Gasteiger partial charge in [0.05, 0.1) is 5.71 Å². The second-order valence-corrected chi connectivity index (χ2v) is 3.03. The maximum atomic E-state index is 8.33. The van der Waals surface area contributed by atoms with E-state index < -0.39 is 0 Å². The Morgan fingerprint density at radius 1 is 1.89 bits per heavy atom. The summed E-state index contributed by atoms with van der Waals surface area (Å²) in [5.41, 5.74) is 0.734. The van der Waals surface area contributed by atoms with E-state index in [0.717, 1.165) is 22.8 Å². The predicted molar refractivity (Wildman–Crippen MR) is 40.1 cm³/mol. The zero-order valence-electron chi connectivity index (χ0n) is 5.29. The van der Waals surface area contributed by atoms with Gasteiger partial charge < -0.3 is 5.21 Å². The van der Waals surface area contributed by atoms with Crippen LogP contribution in [0.25, 0.3) is 0 Å². The number of hydrogen-bond acceptors (Lipinski definition) is 3. The maximum Gasteiger partial charge on any atom is 0.0896 e. The van der Waals surface area contributed by atoms with Gasteiger partial charge in [0.25, 0.3) is 0 Å². The van der Waals surface area contributed by atoms with Crippen molar-refractivity contribution in [2.45, 2.75) is 13.3 Å². The van der Waals surface area contributed by atoms with Crippen molar-refractivity contribution in [3.05, 3.63) is 11.0 Å². The molecule has 0 bridgehead atoms. The lowest BCUT2D eigenvalue weighted by atomic mass is 10.3. The van der Waals surface area contributed by atoms with E-state index in [0.29, 0.717) is 0 Å². The van der Waals surface area contributed by atoms with Crippen molar-refractivity contribution in [1.29, 1.82) is 0 Å². The van der Waals surface area contributed by atoms with Crippen molar-refractivity contribution in [1.82, 2.24) is 0 Å². The van der Waals surface area contributed by atoms with Gasteiger partial charge in [0, 0.05) is 10.7 Å². The minimum atomic E-state index is 0.734. The first-order valence-corrected chi connectivity index (χ1v) is 3.85. The fourth-order valence-electron chi connectivity index (χ4n) is 0.719. The molecule has 0 saturated heterocycles. The van der Waals surface area contributed by atoms with Crippen molar-refractivity contribution in [2.75, 3.05) is 5.75 Å². The normalized spacial score (nSPS) is 20.1. The van der Waals surface area contributed by atoms with Gasteiger partial charge >= 0.3 is 0 Å². The van der Waals surface area contributed by atoms with Gasteiger partial charge in [-0.05, 0) is 13.3 Å². The Balaban J connectivity index is 2.61. The highest BCUT2D eigenvalue weighted by molar-refractivity contribution is 8.04. The summed E-state index contributed by atoms with van der Waals surface area (Å²) in [5, 5.41) is 11.4. The number of allylic oxidation sites excluding steroid dienone is 2. The molecule has 0 unspecified atom stereocenters. The van der Waals surface area contributed by atoms with Crippen LogP contribution in [0, 0.1) is 0 Å². The van der Waals surface area contributed by atoms with Crippen LogP contribution in [-0.4, -0.2) is 16.7 Å². The van der Waals surface area contributed by atoms with Gasteiger partial charge in [-0.1, -0.05) is 11.2 Å². The monoisotopic (exact) mass is 143 g/mol. The molecule has 0 radical (unpaired) electrons. The van der Waals surface area contributed by atoms with Crippen molar-refractivity contribution in [2.24, 2.45) is 5.16 Å². The average molecular weight is 143 g/mol. The Hall–Kier alpha value is -0.440. The molecule has 1 N–H and O–H groups in total. The SMILES string of the molecule is C/C(=N\O)C1=CCCS1. The first-order valence-electron chi connectivity index (χ1n) is 2.86. The second-order valence-electron chi connectivity index (χ2n) is 1.89. The van der Waals surface area contributed by atoms with Crippen LogP contribution in [0.3, 0.4) is 0 Å². The summed E-state index contributed by atoms with van der Waals surface area (Å²) in [6.07, 6.45) is 3.20. The van der Waals surface area contributed by atoms with Gasteiger partial charge in [-0.2, -0.15) is 0 Å². The molecule has 0 spiro atoms. The smallest absolute Gasteiger partial charge is 0.0896 e. The zero-order valence-corrected chi connectivity index (χ0v) is 6.11. The molecule has 1 rings (SSSR count). The largest absolute Gasteiger partial charge is 0.411 e. The summed E-state index contributed by atoms with van der Waals surface area (Å²) in [5.74, 6) is 1.13. The van der Waals surface area contributed by atoms with Crippen LogP contribution in [0.15, 0.2) is 16.1 Å². The number of thioether (sulfide) groups is 1. The molecule has 2 nitrogen and oxygen atoms in total. The molecule has 0 atom stereocenters. The molecule has 0 aromatic rings. The van der Waals surface area contributed by atoms with Crippen molar-refractivity contribution < 1.29 is 5.21 Å². The summed E-state index contributed by atoms with van der Waals surface area (Å²) < 4.78 is 0. The van der Waals surface area contributed by atoms with E-state index in [1.807, 2.05) is 6.92 Å². The molecule has 0 aromatic heterocycles. The maximum absolute atomic E-state index is 8.33. The summed E-state index contributed by atoms with van der Waals surface area (Å²) in [6, 6.07) is 0. The van der Waals surface area contributed by atoms with Crippen LogP contribution in [0.2, 0.25) is 0 Å². The number of oxime groups is 1. The van der Waals surface area contributed by atoms with E-state index in [2.05, 4.69) is 11.2 Å². The van der Waals surface area contributed by atoms with Gasteiger partial charge in [0.15, 0.2) is 0 Å². The van der Waals surface area contributed by atoms with Crippen LogP contribution < -0.4 is 0 Å². The number of nitrogens with zero attached hydrogens (tertiary/aromatic N) is 1. The average Bonchev–Trinajstić information content (AvgIpc) is 2.37. The van der Waals surface area contributed by atoms with E-state index in [1.54, 1.807) is 11.8 Å². The summed E-state index contributed by atoms with van der Waals surface area (Å²) in [6.45, 7) is 1.81. The van der Waals surface area contributed by atoms with Gasteiger partial charge in [0.1, 0.15) is 0 Å². The van der Waals surface area contributed by atoms with E-state index in [1.165, 1.54) is 0 Å². The topological polar surface area (TPSA) is 32.6 Å². The highest BCUT2D eigenvalue weighted by atomic mass is 32.2. The Morgan fingerprint density at radius 2 is 2.67 bits per heavy atom.